The number of halogens is 3. The first-order chi connectivity index (χ1) is 19.2. The molecule has 0 saturated carbocycles. The van der Waals surface area contributed by atoms with Crippen molar-refractivity contribution in [2.24, 2.45) is 5.92 Å². The molecule has 1 atom stereocenters. The van der Waals surface area contributed by atoms with Gasteiger partial charge in [0.1, 0.15) is 5.56 Å². The van der Waals surface area contributed by atoms with Gasteiger partial charge in [0.2, 0.25) is 5.95 Å². The zero-order valence-electron chi connectivity index (χ0n) is 22.6. The quantitative estimate of drug-likeness (QED) is 0.387. The Morgan fingerprint density at radius 2 is 1.83 bits per heavy atom. The minimum absolute atomic E-state index is 0.0141. The summed E-state index contributed by atoms with van der Waals surface area (Å²) in [6.07, 6.45) is -4.31. The second-order valence-electron chi connectivity index (χ2n) is 10.1. The van der Waals surface area contributed by atoms with Crippen molar-refractivity contribution >= 4 is 27.7 Å². The Labute approximate surface area is 235 Å². The molecule has 218 valence electrons. The van der Waals surface area contributed by atoms with Gasteiger partial charge in [-0.1, -0.05) is 39.0 Å². The van der Waals surface area contributed by atoms with Crippen LogP contribution in [-0.2, 0) is 29.1 Å². The predicted octanol–water partition coefficient (Wildman–Crippen LogP) is 4.68. The minimum Gasteiger partial charge on any atom is -0.478 e. The summed E-state index contributed by atoms with van der Waals surface area (Å²) in [5.41, 5.74) is 0.182. The van der Waals surface area contributed by atoms with Crippen molar-refractivity contribution in [3.05, 3.63) is 82.2 Å². The topological polar surface area (TPSA) is 130 Å². The molecule has 4 rings (SSSR count). The summed E-state index contributed by atoms with van der Waals surface area (Å²) in [5.74, 6) is -2.42. The standard InChI is InChI=1S/C28H29F3N4O5S/c1-4-41(39,40)20-8-5-17(6-9-20)12-32-25(36)18-7-10-21-19(11-18)14-35(15-23(21)16(2)3)27-33-13-22(26(37)38)24(34-27)28(29,30)31/h5-11,13,16,23H,4,12,14-15H2,1-3H3,(H,32,36)(H,37,38)/t23-/m1/s1. The van der Waals surface area contributed by atoms with Gasteiger partial charge in [0.25, 0.3) is 5.91 Å². The summed E-state index contributed by atoms with van der Waals surface area (Å²) in [5, 5.41) is 12.0. The maximum absolute atomic E-state index is 13.6. The molecule has 0 aliphatic carbocycles. The summed E-state index contributed by atoms with van der Waals surface area (Å²) in [4.78, 5) is 33.6. The van der Waals surface area contributed by atoms with Gasteiger partial charge in [0.05, 0.1) is 10.6 Å². The van der Waals surface area contributed by atoms with Crippen molar-refractivity contribution in [1.29, 1.82) is 0 Å². The number of hydrogen-bond donors (Lipinski definition) is 2. The minimum atomic E-state index is -4.98. The van der Waals surface area contributed by atoms with Gasteiger partial charge < -0.3 is 15.3 Å². The van der Waals surface area contributed by atoms with Crippen LogP contribution in [0.25, 0.3) is 0 Å². The number of carbonyl (C=O) groups is 2. The van der Waals surface area contributed by atoms with E-state index >= 15 is 0 Å². The number of fused-ring (bicyclic) bond motifs is 1. The third-order valence-corrected chi connectivity index (χ3v) is 8.81. The summed E-state index contributed by atoms with van der Waals surface area (Å²) in [7, 11) is -3.33. The highest BCUT2D eigenvalue weighted by atomic mass is 32.2. The Bertz CT molecular complexity index is 1570. The number of rotatable bonds is 8. The number of aromatic nitrogens is 2. The Hall–Kier alpha value is -4.00. The van der Waals surface area contributed by atoms with E-state index in [2.05, 4.69) is 15.3 Å². The first-order valence-corrected chi connectivity index (χ1v) is 14.5. The van der Waals surface area contributed by atoms with E-state index in [9.17, 15) is 36.3 Å². The maximum Gasteiger partial charge on any atom is 0.434 e. The number of nitrogens with one attached hydrogen (secondary N) is 1. The van der Waals surface area contributed by atoms with Crippen molar-refractivity contribution in [2.75, 3.05) is 17.2 Å². The number of amides is 1. The number of hydrogen-bond acceptors (Lipinski definition) is 7. The Morgan fingerprint density at radius 3 is 2.41 bits per heavy atom. The normalized spacial score (nSPS) is 15.5. The summed E-state index contributed by atoms with van der Waals surface area (Å²) >= 11 is 0. The fourth-order valence-electron chi connectivity index (χ4n) is 4.74. The summed E-state index contributed by atoms with van der Waals surface area (Å²) < 4.78 is 64.8. The number of sulfone groups is 1. The zero-order chi connectivity index (χ0) is 30.1. The zero-order valence-corrected chi connectivity index (χ0v) is 23.4. The van der Waals surface area contributed by atoms with E-state index in [-0.39, 0.29) is 47.4 Å². The van der Waals surface area contributed by atoms with Crippen molar-refractivity contribution in [3.8, 4) is 0 Å². The number of aromatic carboxylic acids is 1. The SMILES string of the molecule is CCS(=O)(=O)c1ccc(CNC(=O)c2ccc3c(c2)CN(c2ncc(C(=O)O)c(C(F)(F)F)n2)C[C@@H]3C(C)C)cc1. The average Bonchev–Trinajstić information content (AvgIpc) is 2.94. The molecule has 2 N–H and O–H groups in total. The molecule has 0 unspecified atom stereocenters. The van der Waals surface area contributed by atoms with Crippen LogP contribution in [0.2, 0.25) is 0 Å². The lowest BCUT2D eigenvalue weighted by molar-refractivity contribution is -0.141. The lowest BCUT2D eigenvalue weighted by atomic mass is 9.82. The van der Waals surface area contributed by atoms with Crippen molar-refractivity contribution in [3.63, 3.8) is 0 Å². The molecule has 1 aromatic heterocycles. The number of benzene rings is 2. The third-order valence-electron chi connectivity index (χ3n) is 7.06. The Balaban J connectivity index is 1.57. The van der Waals surface area contributed by atoms with Gasteiger partial charge in [0, 0.05) is 37.3 Å². The van der Waals surface area contributed by atoms with Crippen LogP contribution in [0, 0.1) is 5.92 Å². The molecule has 1 aliphatic heterocycles. The predicted molar refractivity (Wildman–Crippen MR) is 144 cm³/mol. The van der Waals surface area contributed by atoms with E-state index in [1.807, 2.05) is 19.9 Å². The van der Waals surface area contributed by atoms with Gasteiger partial charge in [0.15, 0.2) is 15.5 Å². The maximum atomic E-state index is 13.6. The molecule has 3 aromatic rings. The molecule has 41 heavy (non-hydrogen) atoms. The molecular formula is C28H29F3N4O5S. The number of carboxylic acids is 1. The van der Waals surface area contributed by atoms with Gasteiger partial charge >= 0.3 is 12.1 Å². The van der Waals surface area contributed by atoms with Crippen LogP contribution in [-0.4, -0.2) is 47.7 Å². The number of anilines is 1. The molecule has 1 amide bonds. The van der Waals surface area contributed by atoms with E-state index in [1.165, 1.54) is 12.1 Å². The fraction of sp³-hybridized carbons (Fsp3) is 0.357. The fourth-order valence-corrected chi connectivity index (χ4v) is 5.62. The largest absolute Gasteiger partial charge is 0.478 e. The van der Waals surface area contributed by atoms with Crippen molar-refractivity contribution in [1.82, 2.24) is 15.3 Å². The summed E-state index contributed by atoms with van der Waals surface area (Å²) in [6.45, 7) is 6.11. The van der Waals surface area contributed by atoms with E-state index in [0.29, 0.717) is 23.9 Å². The molecule has 0 radical (unpaired) electrons. The van der Waals surface area contributed by atoms with Crippen LogP contribution in [0.5, 0.6) is 0 Å². The highest BCUT2D eigenvalue weighted by Gasteiger charge is 2.39. The van der Waals surface area contributed by atoms with E-state index in [0.717, 1.165) is 11.1 Å². The summed E-state index contributed by atoms with van der Waals surface area (Å²) in [6, 6.07) is 11.5. The van der Waals surface area contributed by atoms with Crippen LogP contribution in [0.4, 0.5) is 19.1 Å². The first-order valence-electron chi connectivity index (χ1n) is 12.9. The molecule has 1 aliphatic rings. The lowest BCUT2D eigenvalue weighted by Crippen LogP contribution is -2.37. The average molecular weight is 591 g/mol. The molecule has 13 heteroatoms. The lowest BCUT2D eigenvalue weighted by Gasteiger charge is -2.37. The van der Waals surface area contributed by atoms with Gasteiger partial charge in [-0.2, -0.15) is 13.2 Å². The van der Waals surface area contributed by atoms with Gasteiger partial charge in [-0.15, -0.1) is 0 Å². The third kappa shape index (κ3) is 6.50. The van der Waals surface area contributed by atoms with Crippen LogP contribution < -0.4 is 10.2 Å². The van der Waals surface area contributed by atoms with E-state index in [4.69, 9.17) is 0 Å². The molecule has 0 saturated heterocycles. The van der Waals surface area contributed by atoms with Gasteiger partial charge in [-0.3, -0.25) is 4.79 Å². The van der Waals surface area contributed by atoms with Crippen LogP contribution >= 0.6 is 0 Å². The van der Waals surface area contributed by atoms with Gasteiger partial charge in [-0.25, -0.2) is 23.2 Å². The highest BCUT2D eigenvalue weighted by Crippen LogP contribution is 2.37. The molecular weight excluding hydrogens is 561 g/mol. The van der Waals surface area contributed by atoms with E-state index < -0.39 is 33.2 Å². The van der Waals surface area contributed by atoms with Crippen molar-refractivity contribution in [2.45, 2.75) is 50.9 Å². The molecule has 2 aromatic carbocycles. The number of nitrogens with zero attached hydrogens (tertiary/aromatic N) is 3. The Morgan fingerprint density at radius 1 is 1.15 bits per heavy atom. The highest BCUT2D eigenvalue weighted by molar-refractivity contribution is 7.91. The number of alkyl halides is 3. The molecule has 9 nitrogen and oxygen atoms in total. The molecule has 0 fully saturated rings. The van der Waals surface area contributed by atoms with Crippen LogP contribution in [0.1, 0.15) is 69.8 Å². The Kier molecular flexibility index (Phi) is 8.39. The second-order valence-corrected chi connectivity index (χ2v) is 12.4. The number of carbonyl (C=O) groups excluding carboxylic acids is 1. The molecule has 0 spiro atoms. The number of carboxylic acid groups (broad SMARTS) is 1. The van der Waals surface area contributed by atoms with Crippen molar-refractivity contribution < 1.29 is 36.3 Å². The van der Waals surface area contributed by atoms with Gasteiger partial charge in [-0.05, 0) is 46.9 Å². The van der Waals surface area contributed by atoms with Crippen LogP contribution in [0.3, 0.4) is 0 Å². The smallest absolute Gasteiger partial charge is 0.434 e. The molecule has 0 bridgehead atoms. The van der Waals surface area contributed by atoms with E-state index in [1.54, 1.807) is 36.1 Å². The first kappa shape index (κ1) is 30.0. The second kappa shape index (κ2) is 11.5. The monoisotopic (exact) mass is 590 g/mol. The van der Waals surface area contributed by atoms with Crippen LogP contribution in [0.15, 0.2) is 53.6 Å². The molecule has 2 heterocycles.